The van der Waals surface area contributed by atoms with Crippen molar-refractivity contribution >= 4 is 33.1 Å². The van der Waals surface area contributed by atoms with Crippen molar-refractivity contribution < 1.29 is 0 Å². The van der Waals surface area contributed by atoms with Crippen molar-refractivity contribution in [2.45, 2.75) is 39.0 Å². The summed E-state index contributed by atoms with van der Waals surface area (Å²) in [6.45, 7) is 4.48. The number of hydrogen-bond donors (Lipinski definition) is 1. The number of hydrogen-bond acceptors (Lipinski definition) is 3. The lowest BCUT2D eigenvalue weighted by atomic mass is 10.0. The molecule has 1 unspecified atom stereocenters. The predicted molar refractivity (Wildman–Crippen MR) is 105 cm³/mol. The number of rotatable bonds is 6. The van der Waals surface area contributed by atoms with E-state index in [9.17, 15) is 4.79 Å². The maximum absolute atomic E-state index is 12.5. The van der Waals surface area contributed by atoms with Crippen molar-refractivity contribution in [2.75, 3.05) is 5.32 Å². The van der Waals surface area contributed by atoms with Crippen LogP contribution in [0.1, 0.15) is 43.9 Å². The van der Waals surface area contributed by atoms with Crippen LogP contribution in [0.15, 0.2) is 47.3 Å². The molecule has 3 aromatic rings. The highest BCUT2D eigenvalue weighted by Gasteiger charge is 2.14. The SMILES string of the molecule is CCCCC(C)c1cc2c(=O)cc(Nc3ccccc3)n(C)c2s1. The number of nitrogens with zero attached hydrogens (tertiary/aromatic N) is 1. The molecule has 0 aliphatic heterocycles. The van der Waals surface area contributed by atoms with E-state index in [2.05, 4.69) is 29.8 Å². The summed E-state index contributed by atoms with van der Waals surface area (Å²) in [6, 6.07) is 13.7. The Balaban J connectivity index is 1.99. The second-order valence-corrected chi connectivity index (χ2v) is 7.42. The Bertz CT molecular complexity index is 880. The Labute approximate surface area is 147 Å². The third-order valence-corrected chi connectivity index (χ3v) is 5.90. The number of anilines is 2. The predicted octanol–water partition coefficient (Wildman–Crippen LogP) is 5.64. The Morgan fingerprint density at radius 2 is 1.96 bits per heavy atom. The summed E-state index contributed by atoms with van der Waals surface area (Å²) in [4.78, 5) is 14.9. The number of unbranched alkanes of at least 4 members (excludes halogenated alkanes) is 1. The molecule has 4 heteroatoms. The maximum Gasteiger partial charge on any atom is 0.192 e. The largest absolute Gasteiger partial charge is 0.342 e. The molecular formula is C20H24N2OS. The lowest BCUT2D eigenvalue weighted by Gasteiger charge is -2.12. The number of aryl methyl sites for hydroxylation is 1. The zero-order valence-electron chi connectivity index (χ0n) is 14.5. The molecule has 0 radical (unpaired) electrons. The second-order valence-electron chi connectivity index (χ2n) is 6.35. The molecule has 126 valence electrons. The first-order valence-electron chi connectivity index (χ1n) is 8.55. The summed E-state index contributed by atoms with van der Waals surface area (Å²) >= 11 is 1.74. The first-order chi connectivity index (χ1) is 11.6. The minimum Gasteiger partial charge on any atom is -0.342 e. The summed E-state index contributed by atoms with van der Waals surface area (Å²) in [5.41, 5.74) is 1.08. The van der Waals surface area contributed by atoms with E-state index in [4.69, 9.17) is 0 Å². The average molecular weight is 340 g/mol. The molecule has 0 amide bonds. The van der Waals surface area contributed by atoms with Crippen LogP contribution in [-0.2, 0) is 7.05 Å². The van der Waals surface area contributed by atoms with Gasteiger partial charge in [0.1, 0.15) is 10.6 Å². The number of aromatic nitrogens is 1. The summed E-state index contributed by atoms with van der Waals surface area (Å²) < 4.78 is 2.09. The smallest absolute Gasteiger partial charge is 0.192 e. The Morgan fingerprint density at radius 1 is 1.21 bits per heavy atom. The van der Waals surface area contributed by atoms with E-state index in [1.54, 1.807) is 17.4 Å². The number of pyridine rings is 1. The molecule has 2 heterocycles. The fourth-order valence-corrected chi connectivity index (χ4v) is 4.14. The zero-order chi connectivity index (χ0) is 17.1. The van der Waals surface area contributed by atoms with Gasteiger partial charge in [0.15, 0.2) is 5.43 Å². The number of benzene rings is 1. The Morgan fingerprint density at radius 3 is 2.67 bits per heavy atom. The molecule has 0 fully saturated rings. The first kappa shape index (κ1) is 16.8. The van der Waals surface area contributed by atoms with Crippen LogP contribution in [0.25, 0.3) is 10.2 Å². The van der Waals surface area contributed by atoms with Crippen molar-refractivity contribution in [2.24, 2.45) is 7.05 Å². The standard InChI is InChI=1S/C20H24N2OS/c1-4-5-9-14(2)18-12-16-17(23)13-19(22(3)20(16)24-18)21-15-10-7-6-8-11-15/h6-8,10-14,21H,4-5,9H2,1-3H3. The fraction of sp³-hybridized carbons (Fsp3) is 0.350. The first-order valence-corrected chi connectivity index (χ1v) is 9.37. The van der Waals surface area contributed by atoms with E-state index in [1.165, 1.54) is 24.1 Å². The lowest BCUT2D eigenvalue weighted by Crippen LogP contribution is -2.09. The van der Waals surface area contributed by atoms with Crippen LogP contribution < -0.4 is 10.7 Å². The molecule has 1 aromatic carbocycles. The average Bonchev–Trinajstić information content (AvgIpc) is 3.04. The van der Waals surface area contributed by atoms with E-state index in [0.29, 0.717) is 5.92 Å². The zero-order valence-corrected chi connectivity index (χ0v) is 15.3. The van der Waals surface area contributed by atoms with E-state index in [0.717, 1.165) is 21.7 Å². The normalized spacial score (nSPS) is 12.5. The van der Waals surface area contributed by atoms with E-state index >= 15 is 0 Å². The third kappa shape index (κ3) is 3.39. The van der Waals surface area contributed by atoms with Gasteiger partial charge in [-0.1, -0.05) is 44.9 Å². The van der Waals surface area contributed by atoms with Crippen molar-refractivity contribution in [3.05, 3.63) is 57.6 Å². The molecule has 0 bridgehead atoms. The van der Waals surface area contributed by atoms with Crippen molar-refractivity contribution in [3.63, 3.8) is 0 Å². The molecule has 0 aliphatic carbocycles. The topological polar surface area (TPSA) is 34.0 Å². The van der Waals surface area contributed by atoms with E-state index in [1.807, 2.05) is 37.4 Å². The summed E-state index contributed by atoms with van der Waals surface area (Å²) in [6.07, 6.45) is 3.61. The second kappa shape index (κ2) is 7.22. The molecule has 24 heavy (non-hydrogen) atoms. The molecule has 1 atom stereocenters. The summed E-state index contributed by atoms with van der Waals surface area (Å²) in [5.74, 6) is 1.33. The summed E-state index contributed by atoms with van der Waals surface area (Å²) in [5, 5.41) is 4.18. The fourth-order valence-electron chi connectivity index (χ4n) is 2.92. The minimum atomic E-state index is 0.0896. The van der Waals surface area contributed by atoms with Gasteiger partial charge in [-0.05, 0) is 30.5 Å². The highest BCUT2D eigenvalue weighted by molar-refractivity contribution is 7.18. The molecule has 3 rings (SSSR count). The molecule has 0 saturated carbocycles. The maximum atomic E-state index is 12.5. The number of fused-ring (bicyclic) bond motifs is 1. The van der Waals surface area contributed by atoms with Crippen molar-refractivity contribution in [1.82, 2.24) is 4.57 Å². The van der Waals surface area contributed by atoms with Crippen LogP contribution in [0.4, 0.5) is 11.5 Å². The van der Waals surface area contributed by atoms with Gasteiger partial charge in [-0.2, -0.15) is 0 Å². The highest BCUT2D eigenvalue weighted by Crippen LogP contribution is 2.33. The van der Waals surface area contributed by atoms with Crippen LogP contribution >= 0.6 is 11.3 Å². The van der Waals surface area contributed by atoms with Crippen LogP contribution in [-0.4, -0.2) is 4.57 Å². The monoisotopic (exact) mass is 340 g/mol. The molecule has 0 spiro atoms. The quantitative estimate of drug-likeness (QED) is 0.630. The van der Waals surface area contributed by atoms with Gasteiger partial charge in [-0.3, -0.25) is 4.79 Å². The van der Waals surface area contributed by atoms with Crippen molar-refractivity contribution in [3.8, 4) is 0 Å². The molecule has 3 nitrogen and oxygen atoms in total. The van der Waals surface area contributed by atoms with Gasteiger partial charge in [0.05, 0.1) is 5.39 Å². The van der Waals surface area contributed by atoms with Gasteiger partial charge in [0, 0.05) is 23.7 Å². The minimum absolute atomic E-state index is 0.0896. The van der Waals surface area contributed by atoms with E-state index in [-0.39, 0.29) is 5.43 Å². The van der Waals surface area contributed by atoms with Crippen LogP contribution in [0, 0.1) is 0 Å². The van der Waals surface area contributed by atoms with Gasteiger partial charge in [0.25, 0.3) is 0 Å². The van der Waals surface area contributed by atoms with Gasteiger partial charge >= 0.3 is 0 Å². The van der Waals surface area contributed by atoms with E-state index < -0.39 is 0 Å². The molecule has 1 N–H and O–H groups in total. The molecular weight excluding hydrogens is 316 g/mol. The van der Waals surface area contributed by atoms with Crippen molar-refractivity contribution in [1.29, 1.82) is 0 Å². The lowest BCUT2D eigenvalue weighted by molar-refractivity contribution is 0.632. The molecule has 0 saturated heterocycles. The van der Waals surface area contributed by atoms with Crippen LogP contribution in [0.3, 0.4) is 0 Å². The van der Waals surface area contributed by atoms with Crippen LogP contribution in [0.2, 0.25) is 0 Å². The summed E-state index contributed by atoms with van der Waals surface area (Å²) in [7, 11) is 2.02. The molecule has 0 aliphatic rings. The highest BCUT2D eigenvalue weighted by atomic mass is 32.1. The van der Waals surface area contributed by atoms with Gasteiger partial charge in [-0.25, -0.2) is 0 Å². The molecule has 2 aromatic heterocycles. The Hall–Kier alpha value is -2.07. The van der Waals surface area contributed by atoms with Gasteiger partial charge < -0.3 is 9.88 Å². The van der Waals surface area contributed by atoms with Crippen LogP contribution in [0.5, 0.6) is 0 Å². The third-order valence-electron chi connectivity index (χ3n) is 4.45. The number of para-hydroxylation sites is 1. The number of thiophene rings is 1. The Kier molecular flexibility index (Phi) is 5.05. The van der Waals surface area contributed by atoms with Gasteiger partial charge in [0.2, 0.25) is 0 Å². The van der Waals surface area contributed by atoms with Gasteiger partial charge in [-0.15, -0.1) is 11.3 Å². The number of nitrogens with one attached hydrogen (secondary N) is 1.